The average Bonchev–Trinajstić information content (AvgIpc) is 2.57. The summed E-state index contributed by atoms with van der Waals surface area (Å²) >= 11 is 0. The van der Waals surface area contributed by atoms with Gasteiger partial charge in [-0.15, -0.1) is 4.91 Å². The molecule has 25 heavy (non-hydrogen) atoms. The molecule has 0 heterocycles. The van der Waals surface area contributed by atoms with E-state index in [1.54, 1.807) is 18.2 Å². The fourth-order valence-electron chi connectivity index (χ4n) is 2.73. The number of aryl methyl sites for hydroxylation is 3. The van der Waals surface area contributed by atoms with Crippen LogP contribution in [0.3, 0.4) is 0 Å². The van der Waals surface area contributed by atoms with Crippen molar-refractivity contribution < 1.29 is 19.3 Å². The fraction of sp³-hybridized carbons (Fsp3) is 0.333. The first-order valence-electron chi connectivity index (χ1n) is 7.96. The molecule has 2 rings (SSSR count). The maximum Gasteiger partial charge on any atom is 0.385 e. The SMILES string of the molecule is CCc1cc(Cc2c(C)cc(OCP(=O)(O)N=O)cc2C)ccc1O. The number of rotatable bonds is 7. The Morgan fingerprint density at radius 2 is 1.80 bits per heavy atom. The number of nitrogens with zero attached hydrogens (tertiary/aromatic N) is 1. The third-order valence-corrected chi connectivity index (χ3v) is 4.82. The lowest BCUT2D eigenvalue weighted by atomic mass is 9.94. The van der Waals surface area contributed by atoms with Gasteiger partial charge in [0.2, 0.25) is 0 Å². The number of hydrogen-bond acceptors (Lipinski definition) is 4. The van der Waals surface area contributed by atoms with Crippen LogP contribution in [0.2, 0.25) is 0 Å². The first-order chi connectivity index (χ1) is 11.8. The van der Waals surface area contributed by atoms with E-state index in [1.165, 1.54) is 0 Å². The molecule has 0 fully saturated rings. The van der Waals surface area contributed by atoms with Crippen molar-refractivity contribution in [3.63, 3.8) is 0 Å². The lowest BCUT2D eigenvalue weighted by Crippen LogP contribution is -2.01. The molecule has 0 aliphatic rings. The van der Waals surface area contributed by atoms with Crippen molar-refractivity contribution in [1.29, 1.82) is 0 Å². The highest BCUT2D eigenvalue weighted by Gasteiger charge is 2.20. The van der Waals surface area contributed by atoms with Crippen LogP contribution in [0.25, 0.3) is 0 Å². The second-order valence-corrected chi connectivity index (χ2v) is 7.80. The highest BCUT2D eigenvalue weighted by atomic mass is 31.2. The van der Waals surface area contributed by atoms with Crippen LogP contribution in [0.15, 0.2) is 35.3 Å². The standard InChI is InChI=1S/C18H22NO5P/c1-4-15-9-14(5-6-18(15)20)10-17-12(2)7-16(8-13(17)3)24-11-25(22,23)19-21/h5-9,20H,4,10-11H2,1-3H3,(H,22,23). The first-order valence-corrected chi connectivity index (χ1v) is 9.76. The zero-order valence-corrected chi connectivity index (χ0v) is 15.4. The molecule has 0 bridgehead atoms. The van der Waals surface area contributed by atoms with Gasteiger partial charge < -0.3 is 14.7 Å². The van der Waals surface area contributed by atoms with Gasteiger partial charge in [0, 0.05) is 4.95 Å². The Bertz CT molecular complexity index is 811. The minimum Gasteiger partial charge on any atom is -0.508 e. The molecule has 0 aliphatic heterocycles. The Morgan fingerprint density at radius 3 is 2.36 bits per heavy atom. The van der Waals surface area contributed by atoms with Crippen LogP contribution in [-0.4, -0.2) is 16.3 Å². The lowest BCUT2D eigenvalue weighted by molar-refractivity contribution is 0.349. The van der Waals surface area contributed by atoms with Crippen molar-refractivity contribution in [3.8, 4) is 11.5 Å². The summed E-state index contributed by atoms with van der Waals surface area (Å²) in [7, 11) is -4.13. The van der Waals surface area contributed by atoms with Gasteiger partial charge in [0.05, 0.1) is 0 Å². The molecule has 2 aromatic carbocycles. The van der Waals surface area contributed by atoms with Crippen molar-refractivity contribution >= 4 is 7.52 Å². The summed E-state index contributed by atoms with van der Waals surface area (Å²) in [6.07, 6.45) is 0.836. The van der Waals surface area contributed by atoms with E-state index in [9.17, 15) is 19.5 Å². The van der Waals surface area contributed by atoms with Crippen molar-refractivity contribution in [1.82, 2.24) is 0 Å². The topological polar surface area (TPSA) is 96.2 Å². The van der Waals surface area contributed by atoms with Crippen LogP contribution in [0.4, 0.5) is 0 Å². The summed E-state index contributed by atoms with van der Waals surface area (Å²) in [6.45, 7) is 5.87. The Morgan fingerprint density at radius 1 is 1.16 bits per heavy atom. The van der Waals surface area contributed by atoms with E-state index in [0.29, 0.717) is 17.9 Å². The summed E-state index contributed by atoms with van der Waals surface area (Å²) < 4.78 is 16.5. The van der Waals surface area contributed by atoms with Crippen LogP contribution in [0.5, 0.6) is 11.5 Å². The van der Waals surface area contributed by atoms with E-state index in [-0.39, 0.29) is 0 Å². The molecule has 0 saturated heterocycles. The largest absolute Gasteiger partial charge is 0.508 e. The number of aromatic hydroxyl groups is 1. The Labute approximate surface area is 147 Å². The van der Waals surface area contributed by atoms with E-state index in [1.807, 2.05) is 32.9 Å². The Hall–Kier alpha value is -2.17. The minimum atomic E-state index is -4.13. The molecule has 0 radical (unpaired) electrons. The molecule has 134 valence electrons. The molecular weight excluding hydrogens is 341 g/mol. The van der Waals surface area contributed by atoms with Gasteiger partial charge >= 0.3 is 7.52 Å². The van der Waals surface area contributed by atoms with Crippen molar-refractivity contribution in [2.75, 3.05) is 6.35 Å². The zero-order valence-electron chi connectivity index (χ0n) is 14.5. The molecule has 0 aliphatic carbocycles. The highest BCUT2D eigenvalue weighted by molar-refractivity contribution is 7.56. The number of phenolic OH excluding ortho intramolecular Hbond substituents is 1. The third-order valence-electron chi connectivity index (χ3n) is 4.10. The molecule has 1 unspecified atom stereocenters. The molecule has 2 N–H and O–H groups in total. The zero-order chi connectivity index (χ0) is 18.6. The summed E-state index contributed by atoms with van der Waals surface area (Å²) in [5.41, 5.74) is 5.09. The fourth-order valence-corrected chi connectivity index (χ4v) is 3.10. The number of ether oxygens (including phenoxy) is 1. The van der Waals surface area contributed by atoms with Crippen molar-refractivity contribution in [2.45, 2.75) is 33.6 Å². The van der Waals surface area contributed by atoms with Gasteiger partial charge in [-0.3, -0.25) is 4.57 Å². The van der Waals surface area contributed by atoms with Gasteiger partial charge in [-0.2, -0.15) is 0 Å². The highest BCUT2D eigenvalue weighted by Crippen LogP contribution is 2.41. The van der Waals surface area contributed by atoms with Gasteiger partial charge in [-0.1, -0.05) is 19.1 Å². The Kier molecular flexibility index (Phi) is 5.98. The third kappa shape index (κ3) is 4.91. The molecule has 1 atom stereocenters. The van der Waals surface area contributed by atoms with Crippen LogP contribution in [0.1, 0.15) is 34.7 Å². The van der Waals surface area contributed by atoms with E-state index in [2.05, 4.69) is 4.95 Å². The van der Waals surface area contributed by atoms with Gasteiger partial charge in [0.1, 0.15) is 11.5 Å². The maximum atomic E-state index is 11.3. The number of phenols is 1. The molecule has 0 spiro atoms. The first kappa shape index (κ1) is 19.2. The normalized spacial score (nSPS) is 13.3. The molecular formula is C18H22NO5P. The van der Waals surface area contributed by atoms with E-state index in [0.717, 1.165) is 34.2 Å². The molecule has 0 saturated carbocycles. The lowest BCUT2D eigenvalue weighted by Gasteiger charge is -2.14. The molecule has 7 heteroatoms. The van der Waals surface area contributed by atoms with Crippen molar-refractivity contribution in [2.24, 2.45) is 4.95 Å². The second kappa shape index (κ2) is 7.81. The number of benzene rings is 2. The maximum absolute atomic E-state index is 11.3. The predicted molar refractivity (Wildman–Crippen MR) is 97.3 cm³/mol. The van der Waals surface area contributed by atoms with Crippen LogP contribution in [-0.2, 0) is 17.4 Å². The van der Waals surface area contributed by atoms with Crippen molar-refractivity contribution in [3.05, 3.63) is 63.1 Å². The molecule has 0 amide bonds. The molecule has 0 aromatic heterocycles. The monoisotopic (exact) mass is 363 g/mol. The van der Waals surface area contributed by atoms with Gasteiger partial charge in [0.15, 0.2) is 6.35 Å². The average molecular weight is 363 g/mol. The smallest absolute Gasteiger partial charge is 0.385 e. The van der Waals surface area contributed by atoms with E-state index < -0.39 is 13.9 Å². The van der Waals surface area contributed by atoms with Crippen LogP contribution in [0, 0.1) is 18.8 Å². The van der Waals surface area contributed by atoms with Gasteiger partial charge in [-0.05, 0) is 72.7 Å². The quantitative estimate of drug-likeness (QED) is 0.560. The summed E-state index contributed by atoms with van der Waals surface area (Å²) in [5.74, 6) is 0.734. The predicted octanol–water partition coefficient (Wildman–Crippen LogP) is 4.45. The Balaban J connectivity index is 2.22. The number of nitroso groups, excluding NO2 is 1. The summed E-state index contributed by atoms with van der Waals surface area (Å²) in [5, 5.41) is 9.80. The van der Waals surface area contributed by atoms with Crippen LogP contribution >= 0.6 is 7.52 Å². The number of hydrogen-bond donors (Lipinski definition) is 2. The van der Waals surface area contributed by atoms with E-state index in [4.69, 9.17) is 4.74 Å². The minimum absolute atomic E-state index is 0.306. The van der Waals surface area contributed by atoms with Gasteiger partial charge in [0.25, 0.3) is 0 Å². The molecule has 2 aromatic rings. The van der Waals surface area contributed by atoms with E-state index >= 15 is 0 Å². The summed E-state index contributed by atoms with van der Waals surface area (Å²) in [4.78, 5) is 21.6. The van der Waals surface area contributed by atoms with Gasteiger partial charge in [-0.25, -0.2) is 0 Å². The second-order valence-electron chi connectivity index (χ2n) is 6.05. The summed E-state index contributed by atoms with van der Waals surface area (Å²) in [6, 6.07) is 9.15. The van der Waals surface area contributed by atoms with Crippen LogP contribution < -0.4 is 4.74 Å². The molecule has 6 nitrogen and oxygen atoms in total.